The summed E-state index contributed by atoms with van der Waals surface area (Å²) < 4.78 is 13.1. The number of piperidine rings is 1. The number of anilines is 1. The predicted octanol–water partition coefficient (Wildman–Crippen LogP) is 1.61. The van der Waals surface area contributed by atoms with Gasteiger partial charge in [-0.3, -0.25) is 9.59 Å². The van der Waals surface area contributed by atoms with Crippen LogP contribution in [0.4, 0.5) is 10.1 Å². The fraction of sp³-hybridized carbons (Fsp3) is 0.429. The normalized spacial score (nSPS) is 15.9. The first kappa shape index (κ1) is 15.7. The van der Waals surface area contributed by atoms with Gasteiger partial charge in [0.25, 0.3) is 0 Å². The Morgan fingerprint density at radius 1 is 1.38 bits per heavy atom. The van der Waals surface area contributed by atoms with E-state index in [-0.39, 0.29) is 29.3 Å². The van der Waals surface area contributed by atoms with Crippen LogP contribution in [0.1, 0.15) is 12.8 Å². The van der Waals surface area contributed by atoms with Gasteiger partial charge in [-0.05, 0) is 31.0 Å². The van der Waals surface area contributed by atoms with Gasteiger partial charge in [0.15, 0.2) is 0 Å². The minimum absolute atomic E-state index is 0.00899. The van der Waals surface area contributed by atoms with Crippen LogP contribution in [0.5, 0.6) is 0 Å². The van der Waals surface area contributed by atoms with E-state index in [0.717, 1.165) is 0 Å². The standard InChI is InChI=1S/C14H17ClFN3O2/c15-11-7-10(1-2-12(11)16)18-14(21)9-3-5-19(6-4-9)13(20)8-17/h1-2,7,9H,3-6,8,17H2,(H,18,21). The molecule has 1 aromatic rings. The number of nitrogens with two attached hydrogens (primary N) is 1. The average molecular weight is 314 g/mol. The number of halogens is 2. The lowest BCUT2D eigenvalue weighted by Crippen LogP contribution is -2.43. The number of carbonyl (C=O) groups is 2. The van der Waals surface area contributed by atoms with Crippen LogP contribution in [0.25, 0.3) is 0 Å². The van der Waals surface area contributed by atoms with E-state index in [0.29, 0.717) is 31.6 Å². The van der Waals surface area contributed by atoms with E-state index in [2.05, 4.69) is 5.32 Å². The highest BCUT2D eigenvalue weighted by Gasteiger charge is 2.26. The molecule has 1 aliphatic heterocycles. The first-order valence-electron chi connectivity index (χ1n) is 6.75. The van der Waals surface area contributed by atoms with E-state index in [1.807, 2.05) is 0 Å². The second-order valence-electron chi connectivity index (χ2n) is 4.98. The molecular weight excluding hydrogens is 297 g/mol. The van der Waals surface area contributed by atoms with Gasteiger partial charge in [0.05, 0.1) is 11.6 Å². The molecule has 0 atom stereocenters. The highest BCUT2D eigenvalue weighted by molar-refractivity contribution is 6.31. The van der Waals surface area contributed by atoms with Gasteiger partial charge in [-0.2, -0.15) is 0 Å². The zero-order chi connectivity index (χ0) is 15.4. The predicted molar refractivity (Wildman–Crippen MR) is 78.4 cm³/mol. The summed E-state index contributed by atoms with van der Waals surface area (Å²) in [5, 5.41) is 2.69. The molecule has 114 valence electrons. The van der Waals surface area contributed by atoms with Crippen LogP contribution in [-0.4, -0.2) is 36.3 Å². The number of hydrogen-bond acceptors (Lipinski definition) is 3. The fourth-order valence-corrected chi connectivity index (χ4v) is 2.52. The third kappa shape index (κ3) is 3.92. The molecule has 1 saturated heterocycles. The van der Waals surface area contributed by atoms with Crippen molar-refractivity contribution < 1.29 is 14.0 Å². The SMILES string of the molecule is NCC(=O)N1CCC(C(=O)Nc2ccc(F)c(Cl)c2)CC1. The molecule has 1 aliphatic rings. The third-order valence-electron chi connectivity index (χ3n) is 3.58. The van der Waals surface area contributed by atoms with Crippen LogP contribution in [-0.2, 0) is 9.59 Å². The van der Waals surface area contributed by atoms with Crippen molar-refractivity contribution in [3.8, 4) is 0 Å². The molecule has 1 fully saturated rings. The molecule has 1 heterocycles. The van der Waals surface area contributed by atoms with Gasteiger partial charge in [-0.1, -0.05) is 11.6 Å². The quantitative estimate of drug-likeness (QED) is 0.890. The largest absolute Gasteiger partial charge is 0.342 e. The molecule has 2 rings (SSSR count). The minimum Gasteiger partial charge on any atom is -0.342 e. The summed E-state index contributed by atoms with van der Waals surface area (Å²) in [7, 11) is 0. The summed E-state index contributed by atoms with van der Waals surface area (Å²) in [6, 6.07) is 4.05. The lowest BCUT2D eigenvalue weighted by atomic mass is 9.95. The van der Waals surface area contributed by atoms with Crippen molar-refractivity contribution in [3.05, 3.63) is 29.0 Å². The van der Waals surface area contributed by atoms with Crippen LogP contribution in [0.15, 0.2) is 18.2 Å². The van der Waals surface area contributed by atoms with Crippen LogP contribution >= 0.6 is 11.6 Å². The summed E-state index contributed by atoms with van der Waals surface area (Å²) in [6.45, 7) is 1.04. The lowest BCUT2D eigenvalue weighted by molar-refractivity contribution is -0.133. The van der Waals surface area contributed by atoms with Gasteiger partial charge in [-0.25, -0.2) is 4.39 Å². The molecular formula is C14H17ClFN3O2. The van der Waals surface area contributed by atoms with E-state index in [9.17, 15) is 14.0 Å². The Labute approximate surface area is 127 Å². The number of benzene rings is 1. The number of hydrogen-bond donors (Lipinski definition) is 2. The Morgan fingerprint density at radius 2 is 2.05 bits per heavy atom. The van der Waals surface area contributed by atoms with E-state index >= 15 is 0 Å². The van der Waals surface area contributed by atoms with Gasteiger partial charge in [0, 0.05) is 24.7 Å². The number of rotatable bonds is 3. The van der Waals surface area contributed by atoms with Crippen molar-refractivity contribution >= 4 is 29.1 Å². The molecule has 2 amide bonds. The van der Waals surface area contributed by atoms with Crippen molar-refractivity contribution in [1.82, 2.24) is 4.90 Å². The Balaban J connectivity index is 1.90. The number of amides is 2. The first-order chi connectivity index (χ1) is 10.0. The second kappa shape index (κ2) is 6.87. The van der Waals surface area contributed by atoms with Gasteiger partial charge in [0.2, 0.25) is 11.8 Å². The van der Waals surface area contributed by atoms with Crippen molar-refractivity contribution in [2.75, 3.05) is 25.0 Å². The lowest BCUT2D eigenvalue weighted by Gasteiger charge is -2.31. The summed E-state index contributed by atoms with van der Waals surface area (Å²) in [4.78, 5) is 25.3. The molecule has 0 saturated carbocycles. The van der Waals surface area contributed by atoms with E-state index in [1.54, 1.807) is 4.90 Å². The smallest absolute Gasteiger partial charge is 0.236 e. The molecule has 21 heavy (non-hydrogen) atoms. The molecule has 5 nitrogen and oxygen atoms in total. The van der Waals surface area contributed by atoms with Crippen molar-refractivity contribution in [2.24, 2.45) is 11.7 Å². The first-order valence-corrected chi connectivity index (χ1v) is 7.13. The fourth-order valence-electron chi connectivity index (χ4n) is 2.34. The summed E-state index contributed by atoms with van der Waals surface area (Å²) >= 11 is 5.67. The molecule has 0 aliphatic carbocycles. The zero-order valence-corrected chi connectivity index (χ0v) is 12.2. The topological polar surface area (TPSA) is 75.4 Å². The Bertz CT molecular complexity index is 545. The molecule has 0 bridgehead atoms. The maximum atomic E-state index is 13.1. The molecule has 0 spiro atoms. The van der Waals surface area contributed by atoms with Crippen LogP contribution in [0.2, 0.25) is 5.02 Å². The van der Waals surface area contributed by atoms with Gasteiger partial charge in [0.1, 0.15) is 5.82 Å². The zero-order valence-electron chi connectivity index (χ0n) is 11.4. The van der Waals surface area contributed by atoms with Crippen LogP contribution in [0, 0.1) is 11.7 Å². The number of nitrogens with zero attached hydrogens (tertiary/aromatic N) is 1. The minimum atomic E-state index is -0.525. The second-order valence-corrected chi connectivity index (χ2v) is 5.38. The molecule has 0 unspecified atom stereocenters. The maximum absolute atomic E-state index is 13.1. The number of nitrogens with one attached hydrogen (secondary N) is 1. The molecule has 0 aromatic heterocycles. The Hall–Kier alpha value is -1.66. The van der Waals surface area contributed by atoms with Crippen LogP contribution in [0.3, 0.4) is 0 Å². The molecule has 1 aromatic carbocycles. The van der Waals surface area contributed by atoms with Crippen LogP contribution < -0.4 is 11.1 Å². The monoisotopic (exact) mass is 313 g/mol. The molecule has 7 heteroatoms. The highest BCUT2D eigenvalue weighted by atomic mass is 35.5. The summed E-state index contributed by atoms with van der Waals surface area (Å²) in [5.74, 6) is -0.935. The number of carbonyl (C=O) groups excluding carboxylic acids is 2. The van der Waals surface area contributed by atoms with Gasteiger partial charge >= 0.3 is 0 Å². The van der Waals surface area contributed by atoms with E-state index in [4.69, 9.17) is 17.3 Å². The Morgan fingerprint density at radius 3 is 2.62 bits per heavy atom. The van der Waals surface area contributed by atoms with Crippen molar-refractivity contribution in [1.29, 1.82) is 0 Å². The number of likely N-dealkylation sites (tertiary alicyclic amines) is 1. The molecule has 3 N–H and O–H groups in total. The maximum Gasteiger partial charge on any atom is 0.236 e. The summed E-state index contributed by atoms with van der Waals surface area (Å²) in [5.41, 5.74) is 5.78. The third-order valence-corrected chi connectivity index (χ3v) is 3.87. The average Bonchev–Trinajstić information content (AvgIpc) is 2.50. The van der Waals surface area contributed by atoms with Crippen molar-refractivity contribution in [3.63, 3.8) is 0 Å². The van der Waals surface area contributed by atoms with E-state index < -0.39 is 5.82 Å². The Kier molecular flexibility index (Phi) is 5.14. The van der Waals surface area contributed by atoms with Gasteiger partial charge in [-0.15, -0.1) is 0 Å². The van der Waals surface area contributed by atoms with E-state index in [1.165, 1.54) is 18.2 Å². The summed E-state index contributed by atoms with van der Waals surface area (Å²) in [6.07, 6.45) is 1.18. The highest BCUT2D eigenvalue weighted by Crippen LogP contribution is 2.22. The van der Waals surface area contributed by atoms with Crippen molar-refractivity contribution in [2.45, 2.75) is 12.8 Å². The van der Waals surface area contributed by atoms with Gasteiger partial charge < -0.3 is 16.0 Å². The molecule has 0 radical (unpaired) electrons.